The summed E-state index contributed by atoms with van der Waals surface area (Å²) >= 11 is 0. The zero-order chi connectivity index (χ0) is 17.5. The quantitative estimate of drug-likeness (QED) is 0.587. The minimum Gasteiger partial charge on any atom is -0.508 e. The van der Waals surface area contributed by atoms with Crippen molar-refractivity contribution in [2.24, 2.45) is 0 Å². The number of hydrogen-bond acceptors (Lipinski definition) is 4. The molecule has 25 heavy (non-hydrogen) atoms. The standard InChI is InChI=1S/C18H15NO3.CH4O.CH4/c20-15-7-6-13-9-16(17(21)10-14(13)8-15)18(22)19-11-12-4-2-1-3-5-12;1-2;/h1-10,20-21H,11H2,(H,19,22);2H,1H3;1H4. The zero-order valence-electron chi connectivity index (χ0n) is 13.2. The van der Waals surface area contributed by atoms with Gasteiger partial charge < -0.3 is 20.6 Å². The minimum atomic E-state index is -0.337. The summed E-state index contributed by atoms with van der Waals surface area (Å²) < 4.78 is 0. The molecule has 3 aromatic carbocycles. The Balaban J connectivity index is 0.00000101. The van der Waals surface area contributed by atoms with Gasteiger partial charge in [0.2, 0.25) is 0 Å². The SMILES string of the molecule is C.CO.O=C(NCc1ccccc1)c1cc2ccc(O)cc2cc1O. The number of fused-ring (bicyclic) bond motifs is 1. The lowest BCUT2D eigenvalue weighted by atomic mass is 10.0. The maximum absolute atomic E-state index is 12.2. The second kappa shape index (κ2) is 9.30. The molecule has 3 rings (SSSR count). The van der Waals surface area contributed by atoms with Gasteiger partial charge in [-0.05, 0) is 40.6 Å². The van der Waals surface area contributed by atoms with E-state index in [2.05, 4.69) is 5.32 Å². The van der Waals surface area contributed by atoms with Gasteiger partial charge in [0.25, 0.3) is 5.91 Å². The minimum absolute atomic E-state index is 0. The lowest BCUT2D eigenvalue weighted by Gasteiger charge is -2.09. The Labute approximate surface area is 147 Å². The average molecular weight is 341 g/mol. The van der Waals surface area contributed by atoms with Gasteiger partial charge in [-0.2, -0.15) is 0 Å². The molecule has 1 amide bonds. The molecule has 0 radical (unpaired) electrons. The molecule has 0 saturated heterocycles. The van der Waals surface area contributed by atoms with Gasteiger partial charge in [0.05, 0.1) is 5.56 Å². The largest absolute Gasteiger partial charge is 0.508 e. The Kier molecular flexibility index (Phi) is 7.43. The highest BCUT2D eigenvalue weighted by atomic mass is 16.3. The number of rotatable bonds is 3. The van der Waals surface area contributed by atoms with Crippen LogP contribution in [-0.4, -0.2) is 28.3 Å². The van der Waals surface area contributed by atoms with Gasteiger partial charge >= 0.3 is 0 Å². The lowest BCUT2D eigenvalue weighted by molar-refractivity contribution is 0.0948. The van der Waals surface area contributed by atoms with Crippen molar-refractivity contribution in [3.63, 3.8) is 0 Å². The van der Waals surface area contributed by atoms with Crippen molar-refractivity contribution in [1.82, 2.24) is 5.32 Å². The summed E-state index contributed by atoms with van der Waals surface area (Å²) in [7, 11) is 1.00. The molecular formula is C20H23NO4. The second-order valence-corrected chi connectivity index (χ2v) is 5.07. The Bertz CT molecular complexity index is 832. The molecule has 0 bridgehead atoms. The van der Waals surface area contributed by atoms with Crippen LogP contribution in [0.5, 0.6) is 11.5 Å². The number of aliphatic hydroxyl groups excluding tert-OH is 1. The summed E-state index contributed by atoms with van der Waals surface area (Å²) in [6.45, 7) is 0.396. The van der Waals surface area contributed by atoms with E-state index in [0.717, 1.165) is 18.1 Å². The monoisotopic (exact) mass is 341 g/mol. The molecule has 3 aromatic rings. The molecule has 0 atom stereocenters. The van der Waals surface area contributed by atoms with Gasteiger partial charge in [-0.15, -0.1) is 0 Å². The highest BCUT2D eigenvalue weighted by Gasteiger charge is 2.12. The number of hydrogen-bond donors (Lipinski definition) is 4. The molecule has 5 heteroatoms. The van der Waals surface area contributed by atoms with E-state index in [9.17, 15) is 15.0 Å². The number of phenolic OH excluding ortho intramolecular Hbond substituents is 2. The molecule has 0 aliphatic heterocycles. The Hall–Kier alpha value is -3.05. The van der Waals surface area contributed by atoms with Gasteiger partial charge in [0.1, 0.15) is 11.5 Å². The smallest absolute Gasteiger partial charge is 0.255 e. The number of carbonyl (C=O) groups excluding carboxylic acids is 1. The van der Waals surface area contributed by atoms with Crippen LogP contribution in [0.25, 0.3) is 10.8 Å². The van der Waals surface area contributed by atoms with E-state index in [1.807, 2.05) is 30.3 Å². The molecule has 0 unspecified atom stereocenters. The zero-order valence-corrected chi connectivity index (χ0v) is 13.2. The van der Waals surface area contributed by atoms with Crippen molar-refractivity contribution in [2.45, 2.75) is 14.0 Å². The molecule has 0 aliphatic carbocycles. The molecule has 0 spiro atoms. The first-order valence-electron chi connectivity index (χ1n) is 7.36. The van der Waals surface area contributed by atoms with Crippen LogP contribution in [-0.2, 0) is 6.54 Å². The topological polar surface area (TPSA) is 89.8 Å². The maximum atomic E-state index is 12.2. The third-order valence-electron chi connectivity index (χ3n) is 3.48. The summed E-state index contributed by atoms with van der Waals surface area (Å²) in [4.78, 5) is 12.2. The molecule has 0 heterocycles. The van der Waals surface area contributed by atoms with Crippen molar-refractivity contribution in [2.75, 3.05) is 7.11 Å². The summed E-state index contributed by atoms with van der Waals surface area (Å²) in [6.07, 6.45) is 0. The number of carbonyl (C=O) groups is 1. The summed E-state index contributed by atoms with van der Waals surface area (Å²) in [5.41, 5.74) is 1.20. The van der Waals surface area contributed by atoms with E-state index in [4.69, 9.17) is 5.11 Å². The number of amides is 1. The summed E-state index contributed by atoms with van der Waals surface area (Å²) in [5, 5.41) is 30.7. The van der Waals surface area contributed by atoms with Crippen LogP contribution >= 0.6 is 0 Å². The highest BCUT2D eigenvalue weighted by Crippen LogP contribution is 2.27. The van der Waals surface area contributed by atoms with Gasteiger partial charge in [0.15, 0.2) is 0 Å². The van der Waals surface area contributed by atoms with E-state index in [-0.39, 0.29) is 30.4 Å². The van der Waals surface area contributed by atoms with Crippen LogP contribution < -0.4 is 5.32 Å². The Morgan fingerprint density at radius 1 is 0.920 bits per heavy atom. The molecule has 5 nitrogen and oxygen atoms in total. The Morgan fingerprint density at radius 3 is 2.28 bits per heavy atom. The normalized spacial score (nSPS) is 9.52. The van der Waals surface area contributed by atoms with Crippen LogP contribution in [0.15, 0.2) is 60.7 Å². The third kappa shape index (κ3) is 4.96. The first kappa shape index (κ1) is 20.0. The van der Waals surface area contributed by atoms with Crippen molar-refractivity contribution >= 4 is 16.7 Å². The molecular weight excluding hydrogens is 318 g/mol. The predicted octanol–water partition coefficient (Wildman–Crippen LogP) is 3.43. The fourth-order valence-electron chi connectivity index (χ4n) is 2.33. The van der Waals surface area contributed by atoms with Crippen molar-refractivity contribution in [3.8, 4) is 11.5 Å². The predicted molar refractivity (Wildman–Crippen MR) is 99.8 cm³/mol. The third-order valence-corrected chi connectivity index (χ3v) is 3.48. The average Bonchev–Trinajstić information content (AvgIpc) is 2.61. The van der Waals surface area contributed by atoms with Gasteiger partial charge in [-0.25, -0.2) is 0 Å². The second-order valence-electron chi connectivity index (χ2n) is 5.07. The number of aromatic hydroxyl groups is 2. The fourth-order valence-corrected chi connectivity index (χ4v) is 2.33. The number of phenols is 2. The number of benzene rings is 3. The molecule has 4 N–H and O–H groups in total. The first-order valence-corrected chi connectivity index (χ1v) is 7.36. The van der Waals surface area contributed by atoms with E-state index < -0.39 is 0 Å². The molecule has 0 aromatic heterocycles. The maximum Gasteiger partial charge on any atom is 0.255 e. The number of nitrogens with one attached hydrogen (secondary N) is 1. The summed E-state index contributed by atoms with van der Waals surface area (Å²) in [5.74, 6) is -0.326. The molecule has 0 saturated carbocycles. The van der Waals surface area contributed by atoms with Crippen molar-refractivity contribution in [3.05, 3.63) is 71.8 Å². The van der Waals surface area contributed by atoms with Crippen molar-refractivity contribution in [1.29, 1.82) is 0 Å². The number of aliphatic hydroxyl groups is 1. The first-order chi connectivity index (χ1) is 11.6. The summed E-state index contributed by atoms with van der Waals surface area (Å²) in [6, 6.07) is 17.5. The fraction of sp³-hybridized carbons (Fsp3) is 0.150. The van der Waals surface area contributed by atoms with Crippen LogP contribution in [0.4, 0.5) is 0 Å². The van der Waals surface area contributed by atoms with Crippen LogP contribution in [0.1, 0.15) is 23.3 Å². The van der Waals surface area contributed by atoms with E-state index in [1.54, 1.807) is 24.3 Å². The van der Waals surface area contributed by atoms with Crippen molar-refractivity contribution < 1.29 is 20.1 Å². The van der Waals surface area contributed by atoms with E-state index >= 15 is 0 Å². The Morgan fingerprint density at radius 2 is 1.60 bits per heavy atom. The highest BCUT2D eigenvalue weighted by molar-refractivity contribution is 6.01. The van der Waals surface area contributed by atoms with Crippen LogP contribution in [0.2, 0.25) is 0 Å². The van der Waals surface area contributed by atoms with Gasteiger partial charge in [-0.1, -0.05) is 43.8 Å². The van der Waals surface area contributed by atoms with E-state index in [1.165, 1.54) is 6.07 Å². The molecule has 0 aliphatic rings. The lowest BCUT2D eigenvalue weighted by Crippen LogP contribution is -2.22. The van der Waals surface area contributed by atoms with Gasteiger partial charge in [0, 0.05) is 13.7 Å². The van der Waals surface area contributed by atoms with Crippen LogP contribution in [0.3, 0.4) is 0 Å². The van der Waals surface area contributed by atoms with Crippen LogP contribution in [0, 0.1) is 0 Å². The molecule has 0 fully saturated rings. The van der Waals surface area contributed by atoms with E-state index in [0.29, 0.717) is 11.9 Å². The van der Waals surface area contributed by atoms with Gasteiger partial charge in [-0.3, -0.25) is 4.79 Å². The molecule has 132 valence electrons.